The van der Waals surface area contributed by atoms with E-state index < -0.39 is 0 Å². The van der Waals surface area contributed by atoms with Crippen molar-refractivity contribution in [2.75, 3.05) is 0 Å². The molecule has 3 rings (SSSR count). The third-order valence-electron chi connectivity index (χ3n) is 5.62. The number of hydrogen-bond donors (Lipinski definition) is 2. The van der Waals surface area contributed by atoms with Crippen molar-refractivity contribution in [1.29, 1.82) is 0 Å². The molecular formula is C24H30N2O2. The Morgan fingerprint density at radius 2 is 1.50 bits per heavy atom. The molecular weight excluding hydrogens is 348 g/mol. The highest BCUT2D eigenvalue weighted by molar-refractivity contribution is 5.84. The molecule has 0 spiro atoms. The molecule has 0 aliphatic heterocycles. The molecule has 4 nitrogen and oxygen atoms in total. The Morgan fingerprint density at radius 1 is 0.857 bits per heavy atom. The van der Waals surface area contributed by atoms with Crippen molar-refractivity contribution in [3.8, 4) is 0 Å². The van der Waals surface area contributed by atoms with Gasteiger partial charge < -0.3 is 0 Å². The predicted molar refractivity (Wildman–Crippen MR) is 112 cm³/mol. The average molecular weight is 379 g/mol. The predicted octanol–water partition coefficient (Wildman–Crippen LogP) is 4.30. The minimum Gasteiger partial charge on any atom is -0.273 e. The molecule has 2 aromatic carbocycles. The maximum absolute atomic E-state index is 12.4. The van der Waals surface area contributed by atoms with Crippen LogP contribution in [0.3, 0.4) is 0 Å². The molecule has 0 heterocycles. The van der Waals surface area contributed by atoms with E-state index in [4.69, 9.17) is 0 Å². The smallest absolute Gasteiger partial charge is 0.242 e. The number of hydrazine groups is 1. The van der Waals surface area contributed by atoms with Gasteiger partial charge in [-0.25, -0.2) is 0 Å². The zero-order valence-electron chi connectivity index (χ0n) is 16.6. The lowest BCUT2D eigenvalue weighted by atomic mass is 9.78. The summed E-state index contributed by atoms with van der Waals surface area (Å²) in [6.07, 6.45) is 6.18. The summed E-state index contributed by atoms with van der Waals surface area (Å²) in [4.78, 5) is 24.5. The van der Waals surface area contributed by atoms with Crippen molar-refractivity contribution >= 4 is 11.8 Å². The Labute approximate surface area is 167 Å². The average Bonchev–Trinajstić information content (AvgIpc) is 2.74. The van der Waals surface area contributed by atoms with Gasteiger partial charge in [0.15, 0.2) is 0 Å². The van der Waals surface area contributed by atoms with E-state index in [0.717, 1.165) is 44.1 Å². The van der Waals surface area contributed by atoms with Crippen LogP contribution in [0.5, 0.6) is 0 Å². The normalized spacial score (nSPS) is 19.0. The standard InChI is InChI=1S/C24H30N2O2/c1-2-6-18-9-11-19(12-10-18)17-23(27)25-26-24(28)22-15-13-21(14-16-22)20-7-4-3-5-8-20/h3-5,7-12,21-22H,2,6,13-17H2,1H3,(H,25,27)(H,26,28). The van der Waals surface area contributed by atoms with Gasteiger partial charge in [0.1, 0.15) is 0 Å². The lowest BCUT2D eigenvalue weighted by molar-refractivity contribution is -0.131. The molecule has 1 saturated carbocycles. The van der Waals surface area contributed by atoms with Gasteiger partial charge in [-0.1, -0.05) is 67.9 Å². The van der Waals surface area contributed by atoms with Gasteiger partial charge in [-0.05, 0) is 54.7 Å². The first-order valence-corrected chi connectivity index (χ1v) is 10.4. The van der Waals surface area contributed by atoms with E-state index in [1.54, 1.807) is 0 Å². The van der Waals surface area contributed by atoms with Crippen LogP contribution in [0.1, 0.15) is 61.6 Å². The Morgan fingerprint density at radius 3 is 2.14 bits per heavy atom. The summed E-state index contributed by atoms with van der Waals surface area (Å²) in [5.74, 6) is 0.261. The lowest BCUT2D eigenvalue weighted by Gasteiger charge is -2.28. The second-order valence-corrected chi connectivity index (χ2v) is 7.74. The second-order valence-electron chi connectivity index (χ2n) is 7.74. The summed E-state index contributed by atoms with van der Waals surface area (Å²) >= 11 is 0. The fourth-order valence-electron chi connectivity index (χ4n) is 3.99. The fraction of sp³-hybridized carbons (Fsp3) is 0.417. The summed E-state index contributed by atoms with van der Waals surface area (Å²) in [6.45, 7) is 2.15. The molecule has 0 unspecified atom stereocenters. The van der Waals surface area contributed by atoms with E-state index in [2.05, 4.69) is 54.2 Å². The SMILES string of the molecule is CCCc1ccc(CC(=O)NNC(=O)C2CCC(c3ccccc3)CC2)cc1. The van der Waals surface area contributed by atoms with Crippen LogP contribution in [0.4, 0.5) is 0 Å². The topological polar surface area (TPSA) is 58.2 Å². The molecule has 0 bridgehead atoms. The fourth-order valence-corrected chi connectivity index (χ4v) is 3.99. The summed E-state index contributed by atoms with van der Waals surface area (Å²) in [7, 11) is 0. The summed E-state index contributed by atoms with van der Waals surface area (Å²) in [6, 6.07) is 18.6. The Kier molecular flexibility index (Phi) is 7.24. The summed E-state index contributed by atoms with van der Waals surface area (Å²) < 4.78 is 0. The number of carbonyl (C=O) groups is 2. The molecule has 1 fully saturated rings. The van der Waals surface area contributed by atoms with E-state index in [1.165, 1.54) is 11.1 Å². The maximum Gasteiger partial charge on any atom is 0.242 e. The molecule has 1 aliphatic rings. The Bertz CT molecular complexity index is 763. The van der Waals surface area contributed by atoms with Crippen molar-refractivity contribution in [3.63, 3.8) is 0 Å². The van der Waals surface area contributed by atoms with Gasteiger partial charge in [-0.2, -0.15) is 0 Å². The van der Waals surface area contributed by atoms with E-state index >= 15 is 0 Å². The highest BCUT2D eigenvalue weighted by Gasteiger charge is 2.27. The van der Waals surface area contributed by atoms with Crippen LogP contribution in [0.25, 0.3) is 0 Å². The third kappa shape index (κ3) is 5.69. The first kappa shape index (κ1) is 20.1. The van der Waals surface area contributed by atoms with Crippen LogP contribution in [-0.4, -0.2) is 11.8 Å². The molecule has 28 heavy (non-hydrogen) atoms. The van der Waals surface area contributed by atoms with Crippen LogP contribution in [-0.2, 0) is 22.4 Å². The van der Waals surface area contributed by atoms with Gasteiger partial charge in [0.2, 0.25) is 11.8 Å². The number of benzene rings is 2. The van der Waals surface area contributed by atoms with Crippen LogP contribution in [0.15, 0.2) is 54.6 Å². The van der Waals surface area contributed by atoms with Crippen molar-refractivity contribution < 1.29 is 9.59 Å². The molecule has 2 amide bonds. The van der Waals surface area contributed by atoms with E-state index in [-0.39, 0.29) is 24.2 Å². The van der Waals surface area contributed by atoms with Gasteiger partial charge in [-0.15, -0.1) is 0 Å². The Balaban J connectivity index is 1.40. The van der Waals surface area contributed by atoms with Gasteiger partial charge in [-0.3, -0.25) is 20.4 Å². The molecule has 0 radical (unpaired) electrons. The van der Waals surface area contributed by atoms with E-state index in [9.17, 15) is 9.59 Å². The van der Waals surface area contributed by atoms with Crippen molar-refractivity contribution in [1.82, 2.24) is 10.9 Å². The zero-order valence-corrected chi connectivity index (χ0v) is 16.6. The third-order valence-corrected chi connectivity index (χ3v) is 5.62. The maximum atomic E-state index is 12.4. The molecule has 0 saturated heterocycles. The lowest BCUT2D eigenvalue weighted by Crippen LogP contribution is -2.45. The summed E-state index contributed by atoms with van der Waals surface area (Å²) in [5, 5.41) is 0. The van der Waals surface area contributed by atoms with Crippen LogP contribution in [0.2, 0.25) is 0 Å². The van der Waals surface area contributed by atoms with Crippen molar-refractivity contribution in [3.05, 3.63) is 71.3 Å². The van der Waals surface area contributed by atoms with Crippen LogP contribution in [0, 0.1) is 5.92 Å². The number of nitrogens with one attached hydrogen (secondary N) is 2. The number of amides is 2. The number of rotatable bonds is 6. The number of aryl methyl sites for hydroxylation is 1. The van der Waals surface area contributed by atoms with Gasteiger partial charge >= 0.3 is 0 Å². The largest absolute Gasteiger partial charge is 0.273 e. The molecule has 0 atom stereocenters. The number of carbonyl (C=O) groups excluding carboxylic acids is 2. The summed E-state index contributed by atoms with van der Waals surface area (Å²) in [5.41, 5.74) is 8.79. The van der Waals surface area contributed by atoms with Crippen molar-refractivity contribution in [2.24, 2.45) is 5.92 Å². The molecule has 1 aliphatic carbocycles. The van der Waals surface area contributed by atoms with Gasteiger partial charge in [0.05, 0.1) is 6.42 Å². The Hall–Kier alpha value is -2.62. The van der Waals surface area contributed by atoms with E-state index in [1.807, 2.05) is 18.2 Å². The highest BCUT2D eigenvalue weighted by Crippen LogP contribution is 2.35. The van der Waals surface area contributed by atoms with Crippen LogP contribution >= 0.6 is 0 Å². The van der Waals surface area contributed by atoms with Crippen LogP contribution < -0.4 is 10.9 Å². The molecule has 148 valence electrons. The minimum absolute atomic E-state index is 0.0198. The van der Waals surface area contributed by atoms with Gasteiger partial charge in [0, 0.05) is 5.92 Å². The second kappa shape index (κ2) is 10.1. The first-order chi connectivity index (χ1) is 13.7. The quantitative estimate of drug-likeness (QED) is 0.736. The molecule has 2 N–H and O–H groups in total. The minimum atomic E-state index is -0.186. The van der Waals surface area contributed by atoms with Crippen molar-refractivity contribution in [2.45, 2.75) is 57.8 Å². The number of hydrogen-bond acceptors (Lipinski definition) is 2. The molecule has 2 aromatic rings. The van der Waals surface area contributed by atoms with E-state index in [0.29, 0.717) is 5.92 Å². The van der Waals surface area contributed by atoms with Gasteiger partial charge in [0.25, 0.3) is 0 Å². The monoisotopic (exact) mass is 378 g/mol. The molecule has 0 aromatic heterocycles. The zero-order chi connectivity index (χ0) is 19.8. The highest BCUT2D eigenvalue weighted by atomic mass is 16.2. The first-order valence-electron chi connectivity index (χ1n) is 10.4. The molecule has 4 heteroatoms.